The minimum Gasteiger partial charge on any atom is -0.486 e. The zero-order valence-electron chi connectivity index (χ0n) is 17.6. The van der Waals surface area contributed by atoms with Crippen molar-refractivity contribution in [2.45, 2.75) is 23.8 Å². The number of amides is 1. The predicted molar refractivity (Wildman–Crippen MR) is 116 cm³/mol. The van der Waals surface area contributed by atoms with E-state index in [4.69, 9.17) is 9.47 Å². The monoisotopic (exact) mass is 458 g/mol. The minimum absolute atomic E-state index is 0.116. The van der Waals surface area contributed by atoms with Gasteiger partial charge in [0.1, 0.15) is 13.2 Å². The van der Waals surface area contributed by atoms with Crippen molar-refractivity contribution in [1.82, 2.24) is 9.21 Å². The van der Waals surface area contributed by atoms with Gasteiger partial charge in [-0.05, 0) is 30.5 Å². The van der Waals surface area contributed by atoms with Gasteiger partial charge in [0.25, 0.3) is 5.91 Å². The highest BCUT2D eigenvalue weighted by Crippen LogP contribution is 2.44. The van der Waals surface area contributed by atoms with Gasteiger partial charge in [0.15, 0.2) is 17.6 Å². The van der Waals surface area contributed by atoms with Crippen molar-refractivity contribution in [3.05, 3.63) is 54.1 Å². The molecule has 5 rings (SSSR count). The number of aliphatic hydroxyl groups excluding tert-OH is 1. The molecule has 2 fully saturated rings. The van der Waals surface area contributed by atoms with Crippen LogP contribution in [0.1, 0.15) is 24.5 Å². The quantitative estimate of drug-likeness (QED) is 0.751. The summed E-state index contributed by atoms with van der Waals surface area (Å²) < 4.78 is 38.6. The van der Waals surface area contributed by atoms with E-state index in [2.05, 4.69) is 0 Å². The molecule has 2 aromatic rings. The molecule has 8 nitrogen and oxygen atoms in total. The van der Waals surface area contributed by atoms with Crippen LogP contribution in [-0.2, 0) is 14.8 Å². The zero-order valence-corrected chi connectivity index (χ0v) is 18.5. The summed E-state index contributed by atoms with van der Waals surface area (Å²) >= 11 is 0. The molecule has 0 unspecified atom stereocenters. The second-order valence-electron chi connectivity index (χ2n) is 8.72. The number of sulfonamides is 1. The average Bonchev–Trinajstić information content (AvgIpc) is 2.82. The smallest absolute Gasteiger partial charge is 0.256 e. The number of fused-ring (bicyclic) bond motifs is 1. The third kappa shape index (κ3) is 3.74. The number of rotatable bonds is 4. The molecule has 9 heteroatoms. The fourth-order valence-electron chi connectivity index (χ4n) is 4.67. The Hall–Kier alpha value is -2.62. The van der Waals surface area contributed by atoms with Gasteiger partial charge in [-0.25, -0.2) is 8.42 Å². The summed E-state index contributed by atoms with van der Waals surface area (Å²) in [7, 11) is -3.61. The number of benzene rings is 2. The predicted octanol–water partition coefficient (Wildman–Crippen LogP) is 1.80. The Morgan fingerprint density at radius 1 is 0.969 bits per heavy atom. The van der Waals surface area contributed by atoms with Gasteiger partial charge in [0.05, 0.1) is 4.90 Å². The van der Waals surface area contributed by atoms with E-state index >= 15 is 0 Å². The first-order valence-electron chi connectivity index (χ1n) is 10.8. The fourth-order valence-corrected chi connectivity index (χ4v) is 6.36. The highest BCUT2D eigenvalue weighted by atomic mass is 32.2. The third-order valence-electron chi connectivity index (χ3n) is 6.66. The molecule has 1 amide bonds. The summed E-state index contributed by atoms with van der Waals surface area (Å²) in [6.45, 7) is 2.76. The van der Waals surface area contributed by atoms with Gasteiger partial charge < -0.3 is 19.5 Å². The van der Waals surface area contributed by atoms with Crippen LogP contribution in [0.5, 0.6) is 11.5 Å². The third-order valence-corrected chi connectivity index (χ3v) is 8.45. The minimum atomic E-state index is -3.61. The molecule has 3 aliphatic rings. The Morgan fingerprint density at radius 2 is 1.62 bits per heavy atom. The maximum atomic E-state index is 13.1. The number of hydrogen-bond acceptors (Lipinski definition) is 6. The molecular formula is C23H26N2O6S. The Labute approximate surface area is 187 Å². The van der Waals surface area contributed by atoms with Crippen LogP contribution in [0.15, 0.2) is 53.4 Å². The van der Waals surface area contributed by atoms with Crippen molar-refractivity contribution >= 4 is 15.9 Å². The number of carbonyl (C=O) groups is 1. The number of ether oxygens (including phenoxy) is 2. The molecule has 3 heterocycles. The SMILES string of the molecule is O=C([C@@H](O)c1ccccc1)N1CCC2(CC1)CN(S(=O)(=O)c1ccc3c(c1)OCCO3)C2. The lowest BCUT2D eigenvalue weighted by atomic mass is 9.73. The highest BCUT2D eigenvalue weighted by molar-refractivity contribution is 7.89. The number of likely N-dealkylation sites (tertiary alicyclic amines) is 1. The molecule has 1 N–H and O–H groups in total. The van der Waals surface area contributed by atoms with E-state index in [0.717, 1.165) is 0 Å². The number of piperidine rings is 1. The number of carbonyl (C=O) groups excluding carboxylic acids is 1. The summed E-state index contributed by atoms with van der Waals surface area (Å²) in [5.41, 5.74) is 0.466. The van der Waals surface area contributed by atoms with Crippen LogP contribution in [0.2, 0.25) is 0 Å². The van der Waals surface area contributed by atoms with Crippen LogP contribution in [-0.4, -0.2) is 68.0 Å². The number of hydrogen-bond donors (Lipinski definition) is 1. The lowest BCUT2D eigenvalue weighted by Gasteiger charge is -2.53. The molecule has 2 saturated heterocycles. The first kappa shape index (κ1) is 21.2. The van der Waals surface area contributed by atoms with Crippen LogP contribution in [0, 0.1) is 5.41 Å². The van der Waals surface area contributed by atoms with E-state index in [9.17, 15) is 18.3 Å². The largest absolute Gasteiger partial charge is 0.486 e. The summed E-state index contributed by atoms with van der Waals surface area (Å²) in [6, 6.07) is 13.6. The maximum absolute atomic E-state index is 13.1. The molecule has 2 aromatic carbocycles. The van der Waals surface area contributed by atoms with Crippen molar-refractivity contribution in [2.24, 2.45) is 5.41 Å². The second kappa shape index (κ2) is 8.06. The molecule has 0 aromatic heterocycles. The summed E-state index contributed by atoms with van der Waals surface area (Å²) in [5, 5.41) is 10.4. The van der Waals surface area contributed by atoms with Crippen LogP contribution in [0.4, 0.5) is 0 Å². The van der Waals surface area contributed by atoms with Gasteiger partial charge in [-0.2, -0.15) is 4.31 Å². The van der Waals surface area contributed by atoms with Gasteiger partial charge in [0.2, 0.25) is 10.0 Å². The van der Waals surface area contributed by atoms with Crippen LogP contribution >= 0.6 is 0 Å². The first-order valence-corrected chi connectivity index (χ1v) is 12.2. The van der Waals surface area contributed by atoms with E-state index in [-0.39, 0.29) is 16.2 Å². The molecule has 0 aliphatic carbocycles. The molecule has 0 saturated carbocycles. The normalized spacial score (nSPS) is 21.1. The van der Waals surface area contributed by atoms with E-state index in [0.29, 0.717) is 69.3 Å². The van der Waals surface area contributed by atoms with Gasteiger partial charge in [-0.3, -0.25) is 4.79 Å². The van der Waals surface area contributed by atoms with Gasteiger partial charge >= 0.3 is 0 Å². The fraction of sp³-hybridized carbons (Fsp3) is 0.435. The van der Waals surface area contributed by atoms with Crippen LogP contribution in [0.3, 0.4) is 0 Å². The number of nitrogens with zero attached hydrogens (tertiary/aromatic N) is 2. The van der Waals surface area contributed by atoms with Gasteiger partial charge in [-0.15, -0.1) is 0 Å². The van der Waals surface area contributed by atoms with Crippen molar-refractivity contribution in [2.75, 3.05) is 39.4 Å². The molecule has 1 spiro atoms. The van der Waals surface area contributed by atoms with E-state index in [1.54, 1.807) is 41.3 Å². The standard InChI is InChI=1S/C23H26N2O6S/c26-21(17-4-2-1-3-5-17)22(27)24-10-8-23(9-11-24)15-25(16-23)32(28,29)18-6-7-19-20(14-18)31-13-12-30-19/h1-7,14,21,26H,8-13,15-16H2/t21-/m0/s1. The topological polar surface area (TPSA) is 96.4 Å². The van der Waals surface area contributed by atoms with Gasteiger partial charge in [0, 0.05) is 37.7 Å². The molecule has 32 heavy (non-hydrogen) atoms. The highest BCUT2D eigenvalue weighted by Gasteiger charge is 2.50. The Morgan fingerprint density at radius 3 is 2.31 bits per heavy atom. The Balaban J connectivity index is 1.20. The lowest BCUT2D eigenvalue weighted by Crippen LogP contribution is -2.62. The molecule has 0 radical (unpaired) electrons. The summed E-state index contributed by atoms with van der Waals surface area (Å²) in [6.07, 6.45) is 0.264. The molecule has 3 aliphatic heterocycles. The molecule has 1 atom stereocenters. The molecular weight excluding hydrogens is 432 g/mol. The van der Waals surface area contributed by atoms with E-state index in [1.165, 1.54) is 10.4 Å². The zero-order chi connectivity index (χ0) is 22.3. The Bertz CT molecular complexity index is 1100. The van der Waals surface area contributed by atoms with Crippen LogP contribution < -0.4 is 9.47 Å². The van der Waals surface area contributed by atoms with E-state index < -0.39 is 16.1 Å². The lowest BCUT2D eigenvalue weighted by molar-refractivity contribution is -0.144. The van der Waals surface area contributed by atoms with Crippen molar-refractivity contribution < 1.29 is 27.8 Å². The van der Waals surface area contributed by atoms with Crippen molar-refractivity contribution in [3.8, 4) is 11.5 Å². The van der Waals surface area contributed by atoms with Crippen LogP contribution in [0.25, 0.3) is 0 Å². The first-order chi connectivity index (χ1) is 15.4. The van der Waals surface area contributed by atoms with E-state index in [1.807, 2.05) is 6.07 Å². The molecule has 0 bridgehead atoms. The summed E-state index contributed by atoms with van der Waals surface area (Å²) in [5.74, 6) is 0.715. The Kier molecular flexibility index (Phi) is 5.35. The summed E-state index contributed by atoms with van der Waals surface area (Å²) in [4.78, 5) is 14.6. The second-order valence-corrected chi connectivity index (χ2v) is 10.7. The maximum Gasteiger partial charge on any atom is 0.256 e. The van der Waals surface area contributed by atoms with Crippen molar-refractivity contribution in [3.63, 3.8) is 0 Å². The average molecular weight is 459 g/mol. The van der Waals surface area contributed by atoms with Crippen molar-refractivity contribution in [1.29, 1.82) is 0 Å². The molecule has 170 valence electrons. The number of aliphatic hydroxyl groups is 1. The van der Waals surface area contributed by atoms with Gasteiger partial charge in [-0.1, -0.05) is 30.3 Å².